The molecule has 5 rings (SSSR count). The number of aliphatic hydroxyl groups is 1. The van der Waals surface area contributed by atoms with Crippen LogP contribution in [0.5, 0.6) is 5.75 Å². The third-order valence-corrected chi connectivity index (χ3v) is 7.41. The second kappa shape index (κ2) is 9.28. The molecule has 1 aromatic carbocycles. The lowest BCUT2D eigenvalue weighted by Gasteiger charge is -2.38. The summed E-state index contributed by atoms with van der Waals surface area (Å²) >= 11 is 0. The average Bonchev–Trinajstić information content (AvgIpc) is 3.08. The van der Waals surface area contributed by atoms with E-state index in [2.05, 4.69) is 9.88 Å². The number of nitrogens with zero attached hydrogens (tertiary/aromatic N) is 4. The summed E-state index contributed by atoms with van der Waals surface area (Å²) in [5.74, 6) is -0.0221. The maximum atomic E-state index is 13.7. The second-order valence-electron chi connectivity index (χ2n) is 9.46. The van der Waals surface area contributed by atoms with Crippen LogP contribution in [0, 0.1) is 11.8 Å². The van der Waals surface area contributed by atoms with E-state index >= 15 is 0 Å². The predicted molar refractivity (Wildman–Crippen MR) is 132 cm³/mol. The van der Waals surface area contributed by atoms with Gasteiger partial charge in [0.25, 0.3) is 5.56 Å². The minimum Gasteiger partial charge on any atom is -0.497 e. The number of benzene rings is 1. The minimum absolute atomic E-state index is 0.0311. The van der Waals surface area contributed by atoms with Crippen LogP contribution in [-0.2, 0) is 17.9 Å². The fraction of sp³-hybridized carbons (Fsp3) is 0.370. The third kappa shape index (κ3) is 3.92. The van der Waals surface area contributed by atoms with Crippen molar-refractivity contribution in [2.45, 2.75) is 25.2 Å². The number of carbonyl (C=O) groups excluding carboxylic acids is 1. The summed E-state index contributed by atoms with van der Waals surface area (Å²) in [4.78, 5) is 35.1. The number of fused-ring (bicyclic) bond motifs is 4. The highest BCUT2D eigenvalue weighted by Crippen LogP contribution is 2.49. The van der Waals surface area contributed by atoms with Crippen molar-refractivity contribution in [2.75, 3.05) is 27.8 Å². The molecular weight excluding hydrogens is 444 g/mol. The molecule has 0 unspecified atom stereocenters. The zero-order valence-corrected chi connectivity index (χ0v) is 20.2. The van der Waals surface area contributed by atoms with Crippen LogP contribution in [0.3, 0.4) is 0 Å². The standard InChI is InChI=1S/C27H30N4O4/c1-29(2)27(34)24-21(16-32)23-15-31-22(25(24)30(23)14-17-10-12-28-13-11-17)9-8-20(26(31)33)18-4-6-19(35-3)7-5-18/h4-13,21,23-25,32H,14-16H2,1-3H3/t21-,23-,24+,25+/m1/s1. The molecule has 35 heavy (non-hydrogen) atoms. The molecule has 2 bridgehead atoms. The molecule has 8 nitrogen and oxygen atoms in total. The predicted octanol–water partition coefficient (Wildman–Crippen LogP) is 2.17. The van der Waals surface area contributed by atoms with Crippen LogP contribution in [0.15, 0.2) is 65.7 Å². The van der Waals surface area contributed by atoms with Gasteiger partial charge in [0.1, 0.15) is 5.75 Å². The lowest BCUT2D eigenvalue weighted by Crippen LogP contribution is -2.46. The van der Waals surface area contributed by atoms with Gasteiger partial charge < -0.3 is 19.3 Å². The minimum atomic E-state index is -0.443. The number of pyridine rings is 2. The normalized spacial score (nSPS) is 23.1. The Morgan fingerprint density at radius 2 is 1.83 bits per heavy atom. The fourth-order valence-corrected chi connectivity index (χ4v) is 5.71. The lowest BCUT2D eigenvalue weighted by molar-refractivity contribution is -0.135. The molecular formula is C27H30N4O4. The van der Waals surface area contributed by atoms with E-state index in [0.29, 0.717) is 18.7 Å². The van der Waals surface area contributed by atoms with Gasteiger partial charge in [-0.2, -0.15) is 0 Å². The van der Waals surface area contributed by atoms with Gasteiger partial charge in [-0.25, -0.2) is 0 Å². The molecule has 3 aromatic rings. The van der Waals surface area contributed by atoms with Crippen LogP contribution in [0.4, 0.5) is 0 Å². The fourth-order valence-electron chi connectivity index (χ4n) is 5.71. The third-order valence-electron chi connectivity index (χ3n) is 7.41. The largest absolute Gasteiger partial charge is 0.497 e. The van der Waals surface area contributed by atoms with Crippen molar-refractivity contribution in [1.82, 2.24) is 19.4 Å². The summed E-state index contributed by atoms with van der Waals surface area (Å²) in [5.41, 5.74) is 3.23. The number of hydrogen-bond donors (Lipinski definition) is 1. The van der Waals surface area contributed by atoms with Gasteiger partial charge in [-0.15, -0.1) is 0 Å². The number of amides is 1. The molecule has 182 valence electrons. The highest BCUT2D eigenvalue weighted by atomic mass is 16.5. The molecule has 1 N–H and O–H groups in total. The number of hydrogen-bond acceptors (Lipinski definition) is 6. The van der Waals surface area contributed by atoms with E-state index in [1.807, 2.05) is 53.1 Å². The number of ether oxygens (including phenoxy) is 1. The molecule has 4 atom stereocenters. The van der Waals surface area contributed by atoms with Crippen molar-refractivity contribution in [3.8, 4) is 16.9 Å². The van der Waals surface area contributed by atoms with Gasteiger partial charge in [-0.3, -0.25) is 19.5 Å². The first-order valence-electron chi connectivity index (χ1n) is 11.8. The first-order chi connectivity index (χ1) is 16.9. The van der Waals surface area contributed by atoms with E-state index in [4.69, 9.17) is 4.74 Å². The summed E-state index contributed by atoms with van der Waals surface area (Å²) in [6.45, 7) is 0.911. The maximum absolute atomic E-state index is 13.7. The Hall–Kier alpha value is -3.49. The summed E-state index contributed by atoms with van der Waals surface area (Å²) in [7, 11) is 5.09. The van der Waals surface area contributed by atoms with Crippen LogP contribution in [0.25, 0.3) is 11.1 Å². The topological polar surface area (TPSA) is 87.9 Å². The summed E-state index contributed by atoms with van der Waals surface area (Å²) in [5, 5.41) is 10.4. The summed E-state index contributed by atoms with van der Waals surface area (Å²) < 4.78 is 7.06. The van der Waals surface area contributed by atoms with Crippen LogP contribution >= 0.6 is 0 Å². The van der Waals surface area contributed by atoms with Crippen molar-refractivity contribution in [3.63, 3.8) is 0 Å². The Balaban J connectivity index is 1.62. The highest BCUT2D eigenvalue weighted by Gasteiger charge is 2.55. The van der Waals surface area contributed by atoms with Crippen LogP contribution in [-0.4, -0.2) is 64.2 Å². The molecule has 4 heterocycles. The molecule has 0 radical (unpaired) electrons. The molecule has 0 spiro atoms. The molecule has 0 aliphatic carbocycles. The van der Waals surface area contributed by atoms with Gasteiger partial charge in [-0.05, 0) is 47.5 Å². The van der Waals surface area contributed by atoms with E-state index < -0.39 is 5.92 Å². The zero-order chi connectivity index (χ0) is 24.7. The van der Waals surface area contributed by atoms with Crippen molar-refractivity contribution >= 4 is 5.91 Å². The Bertz CT molecular complexity index is 1270. The maximum Gasteiger partial charge on any atom is 0.258 e. The lowest BCUT2D eigenvalue weighted by atomic mass is 9.86. The number of carbonyl (C=O) groups is 1. The molecule has 1 saturated heterocycles. The van der Waals surface area contributed by atoms with Crippen LogP contribution in [0.1, 0.15) is 17.3 Å². The number of aliphatic hydroxyl groups excluding tert-OH is 1. The van der Waals surface area contributed by atoms with Gasteiger partial charge >= 0.3 is 0 Å². The van der Waals surface area contributed by atoms with E-state index in [0.717, 1.165) is 22.6 Å². The van der Waals surface area contributed by atoms with E-state index in [9.17, 15) is 14.7 Å². The monoisotopic (exact) mass is 474 g/mol. The average molecular weight is 475 g/mol. The summed E-state index contributed by atoms with van der Waals surface area (Å²) in [6.07, 6.45) is 3.51. The SMILES string of the molecule is COc1ccc(-c2ccc3n(c2=O)C[C@@H]2[C@@H](CO)[C@H](C(=O)N(C)C)[C@H]3N2Cc2ccncc2)cc1. The Morgan fingerprint density at radius 3 is 2.46 bits per heavy atom. The van der Waals surface area contributed by atoms with Crippen molar-refractivity contribution in [1.29, 1.82) is 0 Å². The van der Waals surface area contributed by atoms with Gasteiger partial charge in [0.05, 0.1) is 19.1 Å². The molecule has 8 heteroatoms. The summed E-state index contributed by atoms with van der Waals surface area (Å²) in [6, 6.07) is 14.7. The van der Waals surface area contributed by atoms with E-state index in [-0.39, 0.29) is 36.1 Å². The van der Waals surface area contributed by atoms with Gasteiger partial charge in [0, 0.05) is 69.4 Å². The van der Waals surface area contributed by atoms with Crippen LogP contribution in [0.2, 0.25) is 0 Å². The number of methoxy groups -OCH3 is 1. The Labute approximate surface area is 204 Å². The second-order valence-corrected chi connectivity index (χ2v) is 9.46. The van der Waals surface area contributed by atoms with Crippen molar-refractivity contribution < 1.29 is 14.6 Å². The highest BCUT2D eigenvalue weighted by molar-refractivity contribution is 5.80. The van der Waals surface area contributed by atoms with Gasteiger partial charge in [-0.1, -0.05) is 12.1 Å². The van der Waals surface area contributed by atoms with Crippen molar-refractivity contribution in [3.05, 3.63) is 82.5 Å². The van der Waals surface area contributed by atoms with Gasteiger partial charge in [0.15, 0.2) is 0 Å². The van der Waals surface area contributed by atoms with E-state index in [1.54, 1.807) is 38.5 Å². The zero-order valence-electron chi connectivity index (χ0n) is 20.2. The Morgan fingerprint density at radius 1 is 1.11 bits per heavy atom. The molecule has 1 fully saturated rings. The molecule has 1 amide bonds. The van der Waals surface area contributed by atoms with Gasteiger partial charge in [0.2, 0.25) is 5.91 Å². The first kappa shape index (κ1) is 23.3. The first-order valence-corrected chi connectivity index (χ1v) is 11.8. The Kier molecular flexibility index (Phi) is 6.17. The van der Waals surface area contributed by atoms with Crippen LogP contribution < -0.4 is 10.3 Å². The number of rotatable bonds is 6. The van der Waals surface area contributed by atoms with Crippen molar-refractivity contribution in [2.24, 2.45) is 11.8 Å². The van der Waals surface area contributed by atoms with E-state index in [1.165, 1.54) is 0 Å². The molecule has 2 aromatic heterocycles. The smallest absolute Gasteiger partial charge is 0.258 e. The molecule has 0 saturated carbocycles. The number of aromatic nitrogens is 2. The molecule has 2 aliphatic rings. The molecule has 2 aliphatic heterocycles. The quantitative estimate of drug-likeness (QED) is 0.589.